The Hall–Kier alpha value is -1.49. The fourth-order valence-electron chi connectivity index (χ4n) is 4.08. The lowest BCUT2D eigenvalue weighted by molar-refractivity contribution is -0.0470. The van der Waals surface area contributed by atoms with Crippen molar-refractivity contribution in [2.24, 2.45) is 0 Å². The minimum Gasteiger partial charge on any atom is -0.390 e. The highest BCUT2D eigenvalue weighted by atomic mass is 19.1. The van der Waals surface area contributed by atoms with Gasteiger partial charge in [0.2, 0.25) is 0 Å². The van der Waals surface area contributed by atoms with E-state index in [1.165, 1.54) is 17.7 Å². The molecule has 0 amide bonds. The molecule has 1 aromatic rings. The lowest BCUT2D eigenvalue weighted by Crippen LogP contribution is -2.49. The van der Waals surface area contributed by atoms with Gasteiger partial charge in [-0.15, -0.1) is 6.58 Å². The molecule has 0 aromatic heterocycles. The van der Waals surface area contributed by atoms with E-state index in [0.717, 1.165) is 37.9 Å². The Kier molecular flexibility index (Phi) is 7.99. The standard InChI is InChI=1S/C24H36FNO2/c1-6-23(4,20-7-9-21(25)10-8-20)18-22(17-19(2)3)26-14-11-24(27,12-15-26)13-16-28-5/h6-10,17,22,27H,1,11-16,18H2,2-5H3. The Balaban J connectivity index is 2.16. The number of hydrogen-bond acceptors (Lipinski definition) is 3. The fraction of sp³-hybridized carbons (Fsp3) is 0.583. The zero-order chi connectivity index (χ0) is 20.8. The predicted molar refractivity (Wildman–Crippen MR) is 114 cm³/mol. The van der Waals surface area contributed by atoms with Gasteiger partial charge >= 0.3 is 0 Å². The monoisotopic (exact) mass is 389 g/mol. The maximum Gasteiger partial charge on any atom is 0.123 e. The zero-order valence-electron chi connectivity index (χ0n) is 17.9. The van der Waals surface area contributed by atoms with Gasteiger partial charge in [-0.2, -0.15) is 0 Å². The van der Waals surface area contributed by atoms with Crippen LogP contribution in [0.25, 0.3) is 0 Å². The van der Waals surface area contributed by atoms with Crippen LogP contribution >= 0.6 is 0 Å². The molecule has 2 atom stereocenters. The largest absolute Gasteiger partial charge is 0.390 e. The number of hydrogen-bond donors (Lipinski definition) is 1. The molecule has 0 bridgehead atoms. The summed E-state index contributed by atoms with van der Waals surface area (Å²) in [5, 5.41) is 10.8. The molecule has 4 heteroatoms. The number of methoxy groups -OCH3 is 1. The van der Waals surface area contributed by atoms with Crippen molar-refractivity contribution in [3.05, 3.63) is 60.0 Å². The van der Waals surface area contributed by atoms with E-state index in [9.17, 15) is 9.50 Å². The molecule has 1 fully saturated rings. The average Bonchev–Trinajstić information content (AvgIpc) is 2.66. The van der Waals surface area contributed by atoms with Crippen molar-refractivity contribution in [3.8, 4) is 0 Å². The summed E-state index contributed by atoms with van der Waals surface area (Å²) in [6, 6.07) is 6.99. The van der Waals surface area contributed by atoms with E-state index in [0.29, 0.717) is 13.0 Å². The maximum absolute atomic E-state index is 13.4. The highest BCUT2D eigenvalue weighted by Gasteiger charge is 2.36. The molecule has 1 N–H and O–H groups in total. The number of allylic oxidation sites excluding steroid dienone is 2. The van der Waals surface area contributed by atoms with Crippen LogP contribution in [0.5, 0.6) is 0 Å². The van der Waals surface area contributed by atoms with E-state index in [-0.39, 0.29) is 17.3 Å². The summed E-state index contributed by atoms with van der Waals surface area (Å²) in [6.07, 6.45) is 7.35. The van der Waals surface area contributed by atoms with Gasteiger partial charge in [-0.3, -0.25) is 4.90 Å². The average molecular weight is 390 g/mol. The SMILES string of the molecule is C=CC(C)(CC(C=C(C)C)N1CCC(O)(CCOC)CC1)c1ccc(F)cc1. The molecular weight excluding hydrogens is 353 g/mol. The van der Waals surface area contributed by atoms with Crippen LogP contribution in [-0.4, -0.2) is 48.5 Å². The summed E-state index contributed by atoms with van der Waals surface area (Å²) in [4.78, 5) is 2.46. The van der Waals surface area contributed by atoms with Crippen LogP contribution in [0.15, 0.2) is 48.6 Å². The molecule has 28 heavy (non-hydrogen) atoms. The molecule has 3 nitrogen and oxygen atoms in total. The maximum atomic E-state index is 13.4. The van der Waals surface area contributed by atoms with Crippen LogP contribution in [0, 0.1) is 5.82 Å². The third kappa shape index (κ3) is 6.00. The topological polar surface area (TPSA) is 32.7 Å². The van der Waals surface area contributed by atoms with Crippen LogP contribution < -0.4 is 0 Å². The molecule has 1 aliphatic heterocycles. The first-order chi connectivity index (χ1) is 13.2. The van der Waals surface area contributed by atoms with Gasteiger partial charge in [0.25, 0.3) is 0 Å². The number of benzene rings is 1. The number of halogens is 1. The molecule has 2 rings (SSSR count). The van der Waals surface area contributed by atoms with Crippen LogP contribution in [0.2, 0.25) is 0 Å². The van der Waals surface area contributed by atoms with Gasteiger partial charge in [-0.25, -0.2) is 4.39 Å². The molecule has 1 aromatic carbocycles. The molecule has 0 aliphatic carbocycles. The lowest BCUT2D eigenvalue weighted by atomic mass is 9.76. The van der Waals surface area contributed by atoms with E-state index in [2.05, 4.69) is 38.3 Å². The highest BCUT2D eigenvalue weighted by Crippen LogP contribution is 2.35. The van der Waals surface area contributed by atoms with E-state index in [4.69, 9.17) is 4.74 Å². The van der Waals surface area contributed by atoms with Crippen LogP contribution in [-0.2, 0) is 10.2 Å². The van der Waals surface area contributed by atoms with Gasteiger partial charge in [0.1, 0.15) is 5.82 Å². The summed E-state index contributed by atoms with van der Waals surface area (Å²) in [5.74, 6) is -0.220. The Morgan fingerprint density at radius 1 is 1.32 bits per heavy atom. The quantitative estimate of drug-likeness (QED) is 0.612. The predicted octanol–water partition coefficient (Wildman–Crippen LogP) is 4.86. The molecular formula is C24H36FNO2. The molecule has 1 aliphatic rings. The van der Waals surface area contributed by atoms with Gasteiger partial charge < -0.3 is 9.84 Å². The molecule has 1 saturated heterocycles. The molecule has 0 saturated carbocycles. The smallest absolute Gasteiger partial charge is 0.123 e. The Morgan fingerprint density at radius 2 is 1.93 bits per heavy atom. The lowest BCUT2D eigenvalue weighted by Gasteiger charge is -2.43. The van der Waals surface area contributed by atoms with Crippen molar-refractivity contribution in [2.45, 2.75) is 63.5 Å². The minimum absolute atomic E-state index is 0.220. The van der Waals surface area contributed by atoms with Gasteiger partial charge in [0.15, 0.2) is 0 Å². The molecule has 156 valence electrons. The summed E-state index contributed by atoms with van der Waals surface area (Å²) in [5.41, 5.74) is 1.47. The fourth-order valence-corrected chi connectivity index (χ4v) is 4.08. The first-order valence-electron chi connectivity index (χ1n) is 10.2. The van der Waals surface area contributed by atoms with E-state index in [1.807, 2.05) is 18.2 Å². The van der Waals surface area contributed by atoms with Crippen molar-refractivity contribution < 1.29 is 14.2 Å². The number of likely N-dealkylation sites (tertiary alicyclic amines) is 1. The van der Waals surface area contributed by atoms with Crippen molar-refractivity contribution in [1.82, 2.24) is 4.90 Å². The van der Waals surface area contributed by atoms with Crippen LogP contribution in [0.4, 0.5) is 4.39 Å². The van der Waals surface area contributed by atoms with Crippen molar-refractivity contribution in [1.29, 1.82) is 0 Å². The van der Waals surface area contributed by atoms with Crippen LogP contribution in [0.3, 0.4) is 0 Å². The minimum atomic E-state index is -0.624. The van der Waals surface area contributed by atoms with Gasteiger partial charge in [-0.05, 0) is 57.2 Å². The van der Waals surface area contributed by atoms with Gasteiger partial charge in [0, 0.05) is 38.3 Å². The normalized spacial score (nSPS) is 20.2. The first kappa shape index (κ1) is 22.8. The zero-order valence-corrected chi connectivity index (χ0v) is 17.9. The summed E-state index contributed by atoms with van der Waals surface area (Å²) >= 11 is 0. The Bertz CT molecular complexity index is 658. The second-order valence-electron chi connectivity index (χ2n) is 8.65. The second kappa shape index (κ2) is 9.82. The molecule has 0 radical (unpaired) electrons. The number of ether oxygens (including phenoxy) is 1. The Morgan fingerprint density at radius 3 is 2.43 bits per heavy atom. The summed E-state index contributed by atoms with van der Waals surface area (Å²) < 4.78 is 18.5. The van der Waals surface area contributed by atoms with Crippen molar-refractivity contribution in [2.75, 3.05) is 26.8 Å². The third-order valence-electron chi connectivity index (χ3n) is 6.08. The van der Waals surface area contributed by atoms with Crippen molar-refractivity contribution >= 4 is 0 Å². The van der Waals surface area contributed by atoms with Gasteiger partial charge in [0.05, 0.1) is 5.60 Å². The first-order valence-corrected chi connectivity index (χ1v) is 10.2. The number of rotatable bonds is 9. The van der Waals surface area contributed by atoms with E-state index in [1.54, 1.807) is 7.11 Å². The van der Waals surface area contributed by atoms with Crippen molar-refractivity contribution in [3.63, 3.8) is 0 Å². The van der Waals surface area contributed by atoms with E-state index >= 15 is 0 Å². The Labute approximate surface area is 169 Å². The van der Waals surface area contributed by atoms with E-state index < -0.39 is 5.60 Å². The molecule has 1 heterocycles. The summed E-state index contributed by atoms with van der Waals surface area (Å²) in [7, 11) is 1.68. The third-order valence-corrected chi connectivity index (χ3v) is 6.08. The molecule has 2 unspecified atom stereocenters. The number of piperidine rings is 1. The molecule has 0 spiro atoms. The van der Waals surface area contributed by atoms with Gasteiger partial charge in [-0.1, -0.05) is 36.8 Å². The summed E-state index contributed by atoms with van der Waals surface area (Å²) in [6.45, 7) is 12.8. The number of aliphatic hydroxyl groups is 1. The highest BCUT2D eigenvalue weighted by molar-refractivity contribution is 5.30. The van der Waals surface area contributed by atoms with Crippen LogP contribution in [0.1, 0.15) is 52.0 Å². The number of nitrogens with zero attached hydrogens (tertiary/aromatic N) is 1. The second-order valence-corrected chi connectivity index (χ2v) is 8.65.